The molecule has 26 heavy (non-hydrogen) atoms. The number of benzene rings is 1. The van der Waals surface area contributed by atoms with Gasteiger partial charge < -0.3 is 14.3 Å². The van der Waals surface area contributed by atoms with Gasteiger partial charge in [0.15, 0.2) is 0 Å². The van der Waals surface area contributed by atoms with E-state index in [-0.39, 0.29) is 5.97 Å². The second-order valence-corrected chi connectivity index (χ2v) is 8.27. The highest BCUT2D eigenvalue weighted by atomic mass is 16.5. The van der Waals surface area contributed by atoms with Crippen molar-refractivity contribution in [3.63, 3.8) is 0 Å². The van der Waals surface area contributed by atoms with Crippen LogP contribution in [0.25, 0.3) is 0 Å². The van der Waals surface area contributed by atoms with Crippen LogP contribution in [-0.4, -0.2) is 54.4 Å². The summed E-state index contributed by atoms with van der Waals surface area (Å²) in [4.78, 5) is 13.0. The van der Waals surface area contributed by atoms with Gasteiger partial charge in [0.25, 0.3) is 0 Å². The third kappa shape index (κ3) is 5.08. The van der Waals surface area contributed by atoms with Crippen molar-refractivity contribution in [1.29, 1.82) is 0 Å². The Morgan fingerprint density at radius 2 is 1.81 bits per heavy atom. The molecule has 1 unspecified atom stereocenters. The second kappa shape index (κ2) is 9.01. The lowest BCUT2D eigenvalue weighted by atomic mass is 9.70. The van der Waals surface area contributed by atoms with Crippen LogP contribution in [0.1, 0.15) is 57.9 Å². The minimum atomic E-state index is -1.00. The average Bonchev–Trinajstić information content (AvgIpc) is 2.65. The summed E-state index contributed by atoms with van der Waals surface area (Å²) in [7, 11) is 2.18. The van der Waals surface area contributed by atoms with Crippen molar-refractivity contribution in [3.05, 3.63) is 35.9 Å². The van der Waals surface area contributed by atoms with Crippen LogP contribution < -0.4 is 0 Å². The van der Waals surface area contributed by atoms with Crippen molar-refractivity contribution in [2.75, 3.05) is 33.3 Å². The smallest absolute Gasteiger partial charge is 0.316 e. The predicted molar refractivity (Wildman–Crippen MR) is 105 cm³/mol. The molecule has 1 saturated carbocycles. The Labute approximate surface area is 158 Å². The SMILES string of the molecule is CC[N+](C)(CC)CCOC(=O)C(c1ccccc1)C1(O)CCC(C)CC1. The number of hydrogen-bond acceptors (Lipinski definition) is 3. The first kappa shape index (κ1) is 20.9. The van der Waals surface area contributed by atoms with Gasteiger partial charge in [0.05, 0.1) is 25.7 Å². The van der Waals surface area contributed by atoms with Gasteiger partial charge in [-0.25, -0.2) is 0 Å². The maximum absolute atomic E-state index is 13.0. The molecule has 0 aromatic heterocycles. The van der Waals surface area contributed by atoms with E-state index in [0.717, 1.165) is 42.5 Å². The molecule has 146 valence electrons. The largest absolute Gasteiger partial charge is 0.459 e. The zero-order chi connectivity index (χ0) is 19.2. The second-order valence-electron chi connectivity index (χ2n) is 8.27. The summed E-state index contributed by atoms with van der Waals surface area (Å²) in [6.07, 6.45) is 3.21. The summed E-state index contributed by atoms with van der Waals surface area (Å²) in [5.74, 6) is -0.278. The van der Waals surface area contributed by atoms with Gasteiger partial charge in [-0.05, 0) is 51.0 Å². The van der Waals surface area contributed by atoms with Gasteiger partial charge in [-0.15, -0.1) is 0 Å². The Kier molecular flexibility index (Phi) is 7.24. The Bertz CT molecular complexity index is 560. The first-order valence-electron chi connectivity index (χ1n) is 10.1. The summed E-state index contributed by atoms with van der Waals surface area (Å²) < 4.78 is 6.57. The quantitative estimate of drug-likeness (QED) is 0.566. The van der Waals surface area contributed by atoms with Gasteiger partial charge in [0, 0.05) is 0 Å². The number of carbonyl (C=O) groups is 1. The summed E-state index contributed by atoms with van der Waals surface area (Å²) in [5, 5.41) is 11.3. The minimum Gasteiger partial charge on any atom is -0.459 e. The molecule has 0 aliphatic heterocycles. The zero-order valence-electron chi connectivity index (χ0n) is 16.9. The zero-order valence-corrected chi connectivity index (χ0v) is 16.9. The molecule has 1 aromatic carbocycles. The molecule has 0 amide bonds. The van der Waals surface area contributed by atoms with Gasteiger partial charge >= 0.3 is 5.97 Å². The first-order chi connectivity index (χ1) is 12.3. The number of rotatable bonds is 8. The van der Waals surface area contributed by atoms with E-state index in [9.17, 15) is 9.90 Å². The molecule has 1 aliphatic carbocycles. The lowest BCUT2D eigenvalue weighted by Gasteiger charge is -2.40. The topological polar surface area (TPSA) is 46.5 Å². The molecule has 1 aliphatic rings. The fraction of sp³-hybridized carbons (Fsp3) is 0.682. The van der Waals surface area contributed by atoms with Crippen LogP contribution in [0.5, 0.6) is 0 Å². The molecular formula is C22H36NO3+. The van der Waals surface area contributed by atoms with E-state index in [1.807, 2.05) is 30.3 Å². The molecular weight excluding hydrogens is 326 g/mol. The number of likely N-dealkylation sites (N-methyl/N-ethyl adjacent to an activating group) is 1. The molecule has 1 N–H and O–H groups in total. The van der Waals surface area contributed by atoms with E-state index < -0.39 is 11.5 Å². The predicted octanol–water partition coefficient (Wildman–Crippen LogP) is 3.74. The van der Waals surface area contributed by atoms with Gasteiger partial charge in [-0.2, -0.15) is 0 Å². The highest BCUT2D eigenvalue weighted by Crippen LogP contribution is 2.42. The molecule has 1 aromatic rings. The Morgan fingerprint density at radius 3 is 2.35 bits per heavy atom. The van der Waals surface area contributed by atoms with Gasteiger partial charge in [-0.1, -0.05) is 37.3 Å². The first-order valence-corrected chi connectivity index (χ1v) is 10.1. The van der Waals surface area contributed by atoms with Crippen molar-refractivity contribution in [3.8, 4) is 0 Å². The lowest BCUT2D eigenvalue weighted by Crippen LogP contribution is -2.47. The van der Waals surface area contributed by atoms with E-state index in [4.69, 9.17) is 4.74 Å². The van der Waals surface area contributed by atoms with E-state index in [2.05, 4.69) is 27.8 Å². The molecule has 0 spiro atoms. The summed E-state index contributed by atoms with van der Waals surface area (Å²) >= 11 is 0. The van der Waals surface area contributed by atoms with Crippen molar-refractivity contribution in [2.24, 2.45) is 5.92 Å². The maximum atomic E-state index is 13.0. The fourth-order valence-corrected chi connectivity index (χ4v) is 3.85. The Morgan fingerprint density at radius 1 is 1.23 bits per heavy atom. The highest BCUT2D eigenvalue weighted by Gasteiger charge is 2.45. The van der Waals surface area contributed by atoms with Crippen LogP contribution in [0.3, 0.4) is 0 Å². The van der Waals surface area contributed by atoms with E-state index in [1.165, 1.54) is 0 Å². The molecule has 0 heterocycles. The standard InChI is InChI=1S/C22H36NO3/c1-5-23(4,6-2)16-17-26-21(24)20(19-10-8-7-9-11-19)22(25)14-12-18(3)13-15-22/h7-11,18,20,25H,5-6,12-17H2,1-4H3/q+1. The highest BCUT2D eigenvalue weighted by molar-refractivity contribution is 5.80. The number of carbonyl (C=O) groups excluding carboxylic acids is 1. The van der Waals surface area contributed by atoms with Crippen LogP contribution in [0.2, 0.25) is 0 Å². The molecule has 0 saturated heterocycles. The maximum Gasteiger partial charge on any atom is 0.316 e. The van der Waals surface area contributed by atoms with Gasteiger partial charge in [0.1, 0.15) is 19.1 Å². The van der Waals surface area contributed by atoms with E-state index >= 15 is 0 Å². The third-order valence-corrected chi connectivity index (χ3v) is 6.45. The number of aliphatic hydroxyl groups is 1. The average molecular weight is 363 g/mol. The molecule has 0 radical (unpaired) electrons. The van der Waals surface area contributed by atoms with Crippen LogP contribution in [0, 0.1) is 5.92 Å². The molecule has 1 atom stereocenters. The van der Waals surface area contributed by atoms with Crippen molar-refractivity contribution < 1.29 is 19.1 Å². The fourth-order valence-electron chi connectivity index (χ4n) is 3.85. The monoisotopic (exact) mass is 362 g/mol. The van der Waals surface area contributed by atoms with Crippen LogP contribution in [0.15, 0.2) is 30.3 Å². The number of quaternary nitrogens is 1. The van der Waals surface area contributed by atoms with Crippen molar-refractivity contribution in [2.45, 2.75) is 58.0 Å². The number of esters is 1. The van der Waals surface area contributed by atoms with Crippen LogP contribution in [-0.2, 0) is 9.53 Å². The molecule has 4 nitrogen and oxygen atoms in total. The number of nitrogens with zero attached hydrogens (tertiary/aromatic N) is 1. The van der Waals surface area contributed by atoms with Crippen LogP contribution in [0.4, 0.5) is 0 Å². The van der Waals surface area contributed by atoms with Gasteiger partial charge in [0.2, 0.25) is 0 Å². The normalized spacial score (nSPS) is 24.9. The van der Waals surface area contributed by atoms with Crippen molar-refractivity contribution >= 4 is 5.97 Å². The molecule has 4 heteroatoms. The lowest BCUT2D eigenvalue weighted by molar-refractivity contribution is -0.906. The van der Waals surface area contributed by atoms with Gasteiger partial charge in [-0.3, -0.25) is 4.79 Å². The summed E-state index contributed by atoms with van der Waals surface area (Å²) in [6.45, 7) is 9.75. The number of ether oxygens (including phenoxy) is 1. The molecule has 2 rings (SSSR count). The Balaban J connectivity index is 2.13. The van der Waals surface area contributed by atoms with E-state index in [0.29, 0.717) is 25.4 Å². The summed E-state index contributed by atoms with van der Waals surface area (Å²) in [6, 6.07) is 9.64. The van der Waals surface area contributed by atoms with E-state index in [1.54, 1.807) is 0 Å². The minimum absolute atomic E-state index is 0.285. The van der Waals surface area contributed by atoms with Crippen molar-refractivity contribution in [1.82, 2.24) is 0 Å². The molecule has 1 fully saturated rings. The Hall–Kier alpha value is -1.39. The number of hydrogen-bond donors (Lipinski definition) is 1. The third-order valence-electron chi connectivity index (χ3n) is 6.45. The summed E-state index contributed by atoms with van der Waals surface area (Å²) in [5.41, 5.74) is -0.142. The van der Waals surface area contributed by atoms with Crippen LogP contribution >= 0.6 is 0 Å². The molecule has 0 bridgehead atoms.